The average molecular weight is 314 g/mol. The van der Waals surface area contributed by atoms with Crippen molar-refractivity contribution in [3.8, 4) is 0 Å². The Morgan fingerprint density at radius 2 is 1.95 bits per heavy atom. The summed E-state index contributed by atoms with van der Waals surface area (Å²) in [5, 5.41) is 11.8. The zero-order valence-electron chi connectivity index (χ0n) is 12.6. The molecule has 1 atom stereocenters. The topological polar surface area (TPSA) is 92.2 Å². The molecule has 0 aromatic carbocycles. The second-order valence-corrected chi connectivity index (χ2v) is 5.89. The van der Waals surface area contributed by atoms with E-state index < -0.39 is 17.8 Å². The van der Waals surface area contributed by atoms with E-state index in [9.17, 15) is 9.59 Å². The fourth-order valence-electron chi connectivity index (χ4n) is 1.71. The Morgan fingerprint density at radius 1 is 1.33 bits per heavy atom. The summed E-state index contributed by atoms with van der Waals surface area (Å²) in [7, 11) is 0. The van der Waals surface area contributed by atoms with Gasteiger partial charge in [0.2, 0.25) is 0 Å². The molecule has 0 saturated carbocycles. The van der Waals surface area contributed by atoms with Crippen LogP contribution >= 0.6 is 11.6 Å². The molecule has 0 bridgehead atoms. The summed E-state index contributed by atoms with van der Waals surface area (Å²) in [5.74, 6) is -1.59. The van der Waals surface area contributed by atoms with Gasteiger partial charge in [0.05, 0.1) is 17.1 Å². The highest BCUT2D eigenvalue weighted by atomic mass is 35.5. The molecule has 116 valence electrons. The van der Waals surface area contributed by atoms with E-state index in [1.807, 2.05) is 13.8 Å². The molecule has 1 unspecified atom stereocenters. The molecule has 1 aromatic heterocycles. The number of amides is 1. The molecule has 21 heavy (non-hydrogen) atoms. The lowest BCUT2D eigenvalue weighted by molar-refractivity contribution is -0.142. The second-order valence-electron chi connectivity index (χ2n) is 5.48. The van der Waals surface area contributed by atoms with Crippen molar-refractivity contribution in [3.05, 3.63) is 22.7 Å². The lowest BCUT2D eigenvalue weighted by Crippen LogP contribution is -2.36. The van der Waals surface area contributed by atoms with Gasteiger partial charge in [-0.05, 0) is 5.92 Å². The number of hydrogen-bond acceptors (Lipinski definition) is 4. The normalized spacial score (nSPS) is 12.5. The molecule has 1 amide bonds. The number of aliphatic carboxylic acids is 1. The van der Waals surface area contributed by atoms with E-state index in [2.05, 4.69) is 15.3 Å². The van der Waals surface area contributed by atoms with Crippen molar-refractivity contribution in [2.45, 2.75) is 33.6 Å². The number of halogens is 1. The summed E-state index contributed by atoms with van der Waals surface area (Å²) in [6.45, 7) is 7.43. The Kier molecular flexibility index (Phi) is 6.08. The second kappa shape index (κ2) is 7.36. The third kappa shape index (κ3) is 4.67. The molecule has 2 N–H and O–H groups in total. The summed E-state index contributed by atoms with van der Waals surface area (Å²) < 4.78 is 0. The van der Waals surface area contributed by atoms with Gasteiger partial charge in [0.25, 0.3) is 5.91 Å². The van der Waals surface area contributed by atoms with Crippen molar-refractivity contribution in [2.75, 3.05) is 6.54 Å². The van der Waals surface area contributed by atoms with Crippen LogP contribution in [0.2, 0.25) is 5.02 Å². The molecular weight excluding hydrogens is 294 g/mol. The van der Waals surface area contributed by atoms with E-state index in [-0.39, 0.29) is 29.1 Å². The van der Waals surface area contributed by atoms with Crippen LogP contribution in [0.15, 0.2) is 6.20 Å². The highest BCUT2D eigenvalue weighted by Crippen LogP contribution is 2.16. The first-order chi connectivity index (χ1) is 9.73. The van der Waals surface area contributed by atoms with Gasteiger partial charge in [-0.2, -0.15) is 0 Å². The smallest absolute Gasteiger partial charge is 0.308 e. The first-order valence-corrected chi connectivity index (χ1v) is 7.15. The molecule has 0 aliphatic carbocycles. The predicted octanol–water partition coefficient (Wildman–Crippen LogP) is 2.34. The Hall–Kier alpha value is -1.69. The SMILES string of the molecule is CC(C)c1ncc(Cl)c(C(=O)NCC(C(=O)O)C(C)C)n1. The van der Waals surface area contributed by atoms with Gasteiger partial charge in [0.1, 0.15) is 11.5 Å². The Morgan fingerprint density at radius 3 is 2.43 bits per heavy atom. The van der Waals surface area contributed by atoms with Gasteiger partial charge in [-0.25, -0.2) is 9.97 Å². The fraction of sp³-hybridized carbons (Fsp3) is 0.571. The maximum atomic E-state index is 12.1. The number of aromatic nitrogens is 2. The lowest BCUT2D eigenvalue weighted by atomic mass is 9.96. The third-order valence-corrected chi connectivity index (χ3v) is 3.38. The van der Waals surface area contributed by atoms with Crippen LogP contribution in [0.3, 0.4) is 0 Å². The van der Waals surface area contributed by atoms with Gasteiger partial charge in [0.15, 0.2) is 0 Å². The quantitative estimate of drug-likeness (QED) is 0.841. The van der Waals surface area contributed by atoms with Crippen LogP contribution in [0.4, 0.5) is 0 Å². The van der Waals surface area contributed by atoms with Crippen molar-refractivity contribution in [3.63, 3.8) is 0 Å². The molecule has 0 saturated heterocycles. The van der Waals surface area contributed by atoms with Crippen molar-refractivity contribution >= 4 is 23.5 Å². The molecule has 1 aromatic rings. The standard InChI is InChI=1S/C14H20ClN3O3/c1-7(2)9(14(20)21)5-17-13(19)11-10(15)6-16-12(18-11)8(3)4/h6-9H,5H2,1-4H3,(H,17,19)(H,20,21). The average Bonchev–Trinajstić information content (AvgIpc) is 2.37. The molecule has 0 radical (unpaired) electrons. The maximum Gasteiger partial charge on any atom is 0.308 e. The summed E-state index contributed by atoms with van der Waals surface area (Å²) in [6, 6.07) is 0. The highest BCUT2D eigenvalue weighted by Gasteiger charge is 2.23. The number of carboxylic acids is 1. The molecule has 0 aliphatic heterocycles. The summed E-state index contributed by atoms with van der Waals surface area (Å²) in [4.78, 5) is 31.4. The fourth-order valence-corrected chi connectivity index (χ4v) is 1.89. The van der Waals surface area contributed by atoms with Crippen LogP contribution in [-0.4, -0.2) is 33.5 Å². The minimum absolute atomic E-state index is 0.0309. The van der Waals surface area contributed by atoms with Gasteiger partial charge in [-0.3, -0.25) is 9.59 Å². The molecule has 1 heterocycles. The van der Waals surface area contributed by atoms with Gasteiger partial charge in [0, 0.05) is 12.5 Å². The van der Waals surface area contributed by atoms with Gasteiger partial charge >= 0.3 is 5.97 Å². The first kappa shape index (κ1) is 17.4. The Labute approximate surface area is 128 Å². The zero-order valence-corrected chi connectivity index (χ0v) is 13.3. The van der Waals surface area contributed by atoms with Crippen LogP contribution in [-0.2, 0) is 4.79 Å². The van der Waals surface area contributed by atoms with E-state index in [4.69, 9.17) is 16.7 Å². The largest absolute Gasteiger partial charge is 0.481 e. The monoisotopic (exact) mass is 313 g/mol. The summed E-state index contributed by atoms with van der Waals surface area (Å²) in [5.41, 5.74) is 0.0725. The summed E-state index contributed by atoms with van der Waals surface area (Å²) >= 11 is 5.93. The van der Waals surface area contributed by atoms with Crippen LogP contribution in [0.5, 0.6) is 0 Å². The molecule has 1 rings (SSSR count). The number of carbonyl (C=O) groups is 2. The van der Waals surface area contributed by atoms with Crippen LogP contribution in [0.1, 0.15) is 49.9 Å². The molecule has 0 fully saturated rings. The first-order valence-electron chi connectivity index (χ1n) is 6.77. The van der Waals surface area contributed by atoms with E-state index in [0.717, 1.165) is 0 Å². The van der Waals surface area contributed by atoms with E-state index in [1.165, 1.54) is 6.20 Å². The highest BCUT2D eigenvalue weighted by molar-refractivity contribution is 6.33. The van der Waals surface area contributed by atoms with Gasteiger partial charge in [-0.15, -0.1) is 0 Å². The van der Waals surface area contributed by atoms with E-state index in [1.54, 1.807) is 13.8 Å². The van der Waals surface area contributed by atoms with Gasteiger partial charge in [-0.1, -0.05) is 39.3 Å². The lowest BCUT2D eigenvalue weighted by Gasteiger charge is -2.17. The van der Waals surface area contributed by atoms with Crippen molar-refractivity contribution in [2.24, 2.45) is 11.8 Å². The maximum absolute atomic E-state index is 12.1. The Balaban J connectivity index is 2.84. The van der Waals surface area contributed by atoms with E-state index >= 15 is 0 Å². The number of carbonyl (C=O) groups excluding carboxylic acids is 1. The number of carboxylic acid groups (broad SMARTS) is 1. The number of nitrogens with one attached hydrogen (secondary N) is 1. The van der Waals surface area contributed by atoms with Crippen LogP contribution in [0, 0.1) is 11.8 Å². The van der Waals surface area contributed by atoms with E-state index in [0.29, 0.717) is 5.82 Å². The molecule has 7 heteroatoms. The predicted molar refractivity (Wildman–Crippen MR) is 79.4 cm³/mol. The molecule has 0 spiro atoms. The minimum Gasteiger partial charge on any atom is -0.481 e. The molecule has 6 nitrogen and oxygen atoms in total. The van der Waals surface area contributed by atoms with Crippen LogP contribution in [0.25, 0.3) is 0 Å². The zero-order chi connectivity index (χ0) is 16.2. The molecule has 0 aliphatic rings. The minimum atomic E-state index is -0.943. The Bertz CT molecular complexity index is 532. The van der Waals surface area contributed by atoms with Crippen molar-refractivity contribution in [1.82, 2.24) is 15.3 Å². The third-order valence-electron chi connectivity index (χ3n) is 3.10. The number of nitrogens with zero attached hydrogens (tertiary/aromatic N) is 2. The molecular formula is C14H20ClN3O3. The van der Waals surface area contributed by atoms with Gasteiger partial charge < -0.3 is 10.4 Å². The van der Waals surface area contributed by atoms with Crippen LogP contribution < -0.4 is 5.32 Å². The summed E-state index contributed by atoms with van der Waals surface area (Å²) in [6.07, 6.45) is 1.38. The van der Waals surface area contributed by atoms with Crippen molar-refractivity contribution < 1.29 is 14.7 Å². The number of hydrogen-bond donors (Lipinski definition) is 2. The number of rotatable bonds is 6. The van der Waals surface area contributed by atoms with Crippen molar-refractivity contribution in [1.29, 1.82) is 0 Å².